The lowest BCUT2D eigenvalue weighted by atomic mass is 9.81. The molecule has 1 aromatic rings. The number of rotatable bonds is 5. The normalized spacial score (nSPS) is 16.0. The van der Waals surface area contributed by atoms with Crippen LogP contribution >= 0.6 is 0 Å². The van der Waals surface area contributed by atoms with E-state index in [1.807, 2.05) is 50.9 Å². The zero-order chi connectivity index (χ0) is 20.9. The van der Waals surface area contributed by atoms with Crippen LogP contribution in [-0.4, -0.2) is 54.1 Å². The van der Waals surface area contributed by atoms with Crippen LogP contribution in [0, 0.1) is 5.92 Å². The SMILES string of the molecule is CN(CC1CCN(C(=O)OC(C)(C)C)CC1)C(=O)CC(C)(C)c1ccccc1. The summed E-state index contributed by atoms with van der Waals surface area (Å²) in [6, 6.07) is 10.2. The molecule has 1 aliphatic rings. The molecule has 1 fully saturated rings. The number of hydrogen-bond acceptors (Lipinski definition) is 3. The predicted octanol–water partition coefficient (Wildman–Crippen LogP) is 4.46. The summed E-state index contributed by atoms with van der Waals surface area (Å²) in [5.41, 5.74) is 0.529. The Hall–Kier alpha value is -2.04. The monoisotopic (exact) mass is 388 g/mol. The number of benzene rings is 1. The van der Waals surface area contributed by atoms with Crippen molar-refractivity contribution in [1.82, 2.24) is 9.80 Å². The molecule has 0 atom stereocenters. The van der Waals surface area contributed by atoms with Crippen LogP contribution < -0.4 is 0 Å². The smallest absolute Gasteiger partial charge is 0.410 e. The first-order chi connectivity index (χ1) is 13.0. The van der Waals surface area contributed by atoms with Gasteiger partial charge in [0.15, 0.2) is 0 Å². The van der Waals surface area contributed by atoms with Gasteiger partial charge in [-0.2, -0.15) is 0 Å². The maximum absolute atomic E-state index is 12.8. The highest BCUT2D eigenvalue weighted by molar-refractivity contribution is 5.77. The Morgan fingerprint density at radius 3 is 2.18 bits per heavy atom. The molecule has 0 N–H and O–H groups in total. The van der Waals surface area contributed by atoms with Gasteiger partial charge in [-0.3, -0.25) is 4.79 Å². The number of likely N-dealkylation sites (tertiary alicyclic amines) is 1. The van der Waals surface area contributed by atoms with Gasteiger partial charge in [-0.25, -0.2) is 4.79 Å². The number of nitrogens with zero attached hydrogens (tertiary/aromatic N) is 2. The Bertz CT molecular complexity index is 656. The summed E-state index contributed by atoms with van der Waals surface area (Å²) >= 11 is 0. The van der Waals surface area contributed by atoms with Crippen LogP contribution in [0.3, 0.4) is 0 Å². The van der Waals surface area contributed by atoms with Gasteiger partial charge in [0.2, 0.25) is 5.91 Å². The molecule has 0 spiro atoms. The molecule has 0 saturated carbocycles. The minimum absolute atomic E-state index is 0.170. The number of ether oxygens (including phenoxy) is 1. The van der Waals surface area contributed by atoms with Gasteiger partial charge in [-0.05, 0) is 50.5 Å². The Morgan fingerprint density at radius 1 is 1.07 bits per heavy atom. The van der Waals surface area contributed by atoms with Crippen molar-refractivity contribution in [2.24, 2.45) is 5.92 Å². The van der Waals surface area contributed by atoms with E-state index in [0.29, 0.717) is 25.4 Å². The van der Waals surface area contributed by atoms with E-state index in [-0.39, 0.29) is 17.4 Å². The Kier molecular flexibility index (Phi) is 7.13. The van der Waals surface area contributed by atoms with E-state index < -0.39 is 5.60 Å². The molecular weight excluding hydrogens is 352 g/mol. The predicted molar refractivity (Wildman–Crippen MR) is 112 cm³/mol. The third kappa shape index (κ3) is 6.54. The molecule has 156 valence electrons. The quantitative estimate of drug-likeness (QED) is 0.748. The maximum atomic E-state index is 12.8. The minimum Gasteiger partial charge on any atom is -0.444 e. The molecule has 28 heavy (non-hydrogen) atoms. The minimum atomic E-state index is -0.466. The van der Waals surface area contributed by atoms with Gasteiger partial charge >= 0.3 is 6.09 Å². The zero-order valence-corrected chi connectivity index (χ0v) is 18.3. The van der Waals surface area contributed by atoms with Gasteiger partial charge in [-0.15, -0.1) is 0 Å². The molecule has 0 bridgehead atoms. The lowest BCUT2D eigenvalue weighted by Crippen LogP contribution is -2.44. The van der Waals surface area contributed by atoms with Crippen LogP contribution in [0.4, 0.5) is 4.79 Å². The molecule has 0 unspecified atom stereocenters. The topological polar surface area (TPSA) is 49.9 Å². The van der Waals surface area contributed by atoms with Gasteiger partial charge in [0.05, 0.1) is 0 Å². The van der Waals surface area contributed by atoms with E-state index in [2.05, 4.69) is 26.0 Å². The van der Waals surface area contributed by atoms with Crippen molar-refractivity contribution in [3.05, 3.63) is 35.9 Å². The molecule has 5 heteroatoms. The second-order valence-corrected chi connectivity index (χ2v) is 9.61. The van der Waals surface area contributed by atoms with Gasteiger partial charge in [-0.1, -0.05) is 44.2 Å². The van der Waals surface area contributed by atoms with E-state index in [0.717, 1.165) is 19.4 Å². The van der Waals surface area contributed by atoms with Crippen molar-refractivity contribution < 1.29 is 14.3 Å². The van der Waals surface area contributed by atoms with Crippen LogP contribution in [-0.2, 0) is 14.9 Å². The highest BCUT2D eigenvalue weighted by Gasteiger charge is 2.30. The maximum Gasteiger partial charge on any atom is 0.410 e. The van der Waals surface area contributed by atoms with Gasteiger partial charge in [0, 0.05) is 33.1 Å². The number of carbonyl (C=O) groups excluding carboxylic acids is 2. The fraction of sp³-hybridized carbons (Fsp3) is 0.652. The first kappa shape index (κ1) is 22.3. The Morgan fingerprint density at radius 2 is 1.64 bits per heavy atom. The average Bonchev–Trinajstić information content (AvgIpc) is 2.61. The van der Waals surface area contributed by atoms with Crippen LogP contribution in [0.2, 0.25) is 0 Å². The second-order valence-electron chi connectivity index (χ2n) is 9.61. The second kappa shape index (κ2) is 8.97. The highest BCUT2D eigenvalue weighted by atomic mass is 16.6. The van der Waals surface area contributed by atoms with Crippen LogP contribution in [0.25, 0.3) is 0 Å². The fourth-order valence-corrected chi connectivity index (χ4v) is 3.62. The summed E-state index contributed by atoms with van der Waals surface area (Å²) in [5, 5.41) is 0. The largest absolute Gasteiger partial charge is 0.444 e. The molecule has 1 heterocycles. The molecule has 1 aliphatic heterocycles. The zero-order valence-electron chi connectivity index (χ0n) is 18.3. The van der Waals surface area contributed by atoms with Crippen LogP contribution in [0.5, 0.6) is 0 Å². The van der Waals surface area contributed by atoms with Crippen molar-refractivity contribution in [2.75, 3.05) is 26.7 Å². The lowest BCUT2D eigenvalue weighted by Gasteiger charge is -2.35. The summed E-state index contributed by atoms with van der Waals surface area (Å²) in [7, 11) is 1.89. The van der Waals surface area contributed by atoms with Crippen LogP contribution in [0.1, 0.15) is 59.4 Å². The highest BCUT2D eigenvalue weighted by Crippen LogP contribution is 2.28. The summed E-state index contributed by atoms with van der Waals surface area (Å²) in [4.78, 5) is 28.6. The van der Waals surface area contributed by atoms with E-state index in [1.54, 1.807) is 4.90 Å². The Balaban J connectivity index is 1.81. The molecule has 1 saturated heterocycles. The third-order valence-electron chi connectivity index (χ3n) is 5.37. The van der Waals surface area contributed by atoms with Gasteiger partial charge in [0.25, 0.3) is 0 Å². The van der Waals surface area contributed by atoms with Crippen molar-refractivity contribution >= 4 is 12.0 Å². The fourth-order valence-electron chi connectivity index (χ4n) is 3.62. The van der Waals surface area contributed by atoms with Crippen LogP contribution in [0.15, 0.2) is 30.3 Å². The summed E-state index contributed by atoms with van der Waals surface area (Å²) in [6.45, 7) is 12.0. The lowest BCUT2D eigenvalue weighted by molar-refractivity contribution is -0.131. The standard InChI is InChI=1S/C23H36N2O3/c1-22(2,3)28-21(27)25-14-12-18(13-15-25)17-24(6)20(26)16-23(4,5)19-10-8-7-9-11-19/h7-11,18H,12-17H2,1-6H3. The van der Waals surface area contributed by atoms with E-state index in [1.165, 1.54) is 5.56 Å². The molecular formula is C23H36N2O3. The van der Waals surface area contributed by atoms with E-state index in [4.69, 9.17) is 4.74 Å². The van der Waals surface area contributed by atoms with Gasteiger partial charge < -0.3 is 14.5 Å². The van der Waals surface area contributed by atoms with Crippen molar-refractivity contribution in [3.8, 4) is 0 Å². The van der Waals surface area contributed by atoms with Gasteiger partial charge in [0.1, 0.15) is 5.60 Å². The average molecular weight is 389 g/mol. The van der Waals surface area contributed by atoms with Crippen molar-refractivity contribution in [2.45, 2.75) is 64.9 Å². The molecule has 1 aromatic carbocycles. The van der Waals surface area contributed by atoms with E-state index >= 15 is 0 Å². The van der Waals surface area contributed by atoms with Crippen molar-refractivity contribution in [1.29, 1.82) is 0 Å². The molecule has 0 aliphatic carbocycles. The third-order valence-corrected chi connectivity index (χ3v) is 5.37. The summed E-state index contributed by atoms with van der Waals surface area (Å²) in [6.07, 6.45) is 2.06. The first-order valence-corrected chi connectivity index (χ1v) is 10.3. The number of hydrogen-bond donors (Lipinski definition) is 0. The number of piperidine rings is 1. The van der Waals surface area contributed by atoms with E-state index in [9.17, 15) is 9.59 Å². The van der Waals surface area contributed by atoms with Crippen molar-refractivity contribution in [3.63, 3.8) is 0 Å². The molecule has 2 amide bonds. The molecule has 0 aromatic heterocycles. The molecule has 2 rings (SSSR count). The molecule has 5 nitrogen and oxygen atoms in total. The number of amides is 2. The summed E-state index contributed by atoms with van der Waals surface area (Å²) in [5.74, 6) is 0.593. The summed E-state index contributed by atoms with van der Waals surface area (Å²) < 4.78 is 5.45. The Labute approximate surface area is 170 Å². The number of carbonyl (C=O) groups is 2. The molecule has 0 radical (unpaired) electrons. The first-order valence-electron chi connectivity index (χ1n) is 10.3.